The molecule has 0 saturated carbocycles. The van der Waals surface area contributed by atoms with Crippen molar-refractivity contribution in [2.75, 3.05) is 37.6 Å². The SMILES string of the molecule is CCN1CCN(c2cc3ncc(C(C)=O)cn3n2)CC1. The molecule has 1 saturated heterocycles. The minimum Gasteiger partial charge on any atom is -0.353 e. The van der Waals surface area contributed by atoms with Gasteiger partial charge in [0.15, 0.2) is 17.2 Å². The zero-order chi connectivity index (χ0) is 14.1. The third-order valence-electron chi connectivity index (χ3n) is 3.85. The smallest absolute Gasteiger partial charge is 0.162 e. The van der Waals surface area contributed by atoms with Crippen LogP contribution in [0, 0.1) is 0 Å². The van der Waals surface area contributed by atoms with Crippen molar-refractivity contribution in [2.45, 2.75) is 13.8 Å². The molecule has 2 aromatic heterocycles. The fraction of sp³-hybridized carbons (Fsp3) is 0.500. The summed E-state index contributed by atoms with van der Waals surface area (Å²) in [4.78, 5) is 20.4. The van der Waals surface area contributed by atoms with E-state index in [9.17, 15) is 4.79 Å². The van der Waals surface area contributed by atoms with E-state index in [-0.39, 0.29) is 5.78 Å². The van der Waals surface area contributed by atoms with E-state index in [1.54, 1.807) is 16.9 Å². The Labute approximate surface area is 118 Å². The number of hydrogen-bond acceptors (Lipinski definition) is 5. The van der Waals surface area contributed by atoms with E-state index in [2.05, 4.69) is 26.8 Å². The molecule has 3 rings (SSSR count). The number of likely N-dealkylation sites (N-methyl/N-ethyl adjacent to an activating group) is 1. The number of fused-ring (bicyclic) bond motifs is 1. The molecule has 0 spiro atoms. The molecule has 0 aromatic carbocycles. The average molecular weight is 273 g/mol. The zero-order valence-electron chi connectivity index (χ0n) is 11.9. The van der Waals surface area contributed by atoms with Crippen LogP contribution in [0.25, 0.3) is 5.65 Å². The van der Waals surface area contributed by atoms with Crippen LogP contribution in [0.3, 0.4) is 0 Å². The van der Waals surface area contributed by atoms with Crippen LogP contribution in [0.1, 0.15) is 24.2 Å². The Hall–Kier alpha value is -1.95. The van der Waals surface area contributed by atoms with E-state index >= 15 is 0 Å². The van der Waals surface area contributed by atoms with Crippen molar-refractivity contribution in [1.29, 1.82) is 0 Å². The molecule has 0 amide bonds. The molecule has 3 heterocycles. The monoisotopic (exact) mass is 273 g/mol. The fourth-order valence-corrected chi connectivity index (χ4v) is 2.49. The molecule has 0 atom stereocenters. The molecule has 0 N–H and O–H groups in total. The number of hydrogen-bond donors (Lipinski definition) is 0. The number of rotatable bonds is 3. The molecular weight excluding hydrogens is 254 g/mol. The lowest BCUT2D eigenvalue weighted by Gasteiger charge is -2.33. The summed E-state index contributed by atoms with van der Waals surface area (Å²) in [5.74, 6) is 0.946. The lowest BCUT2D eigenvalue weighted by atomic mass is 10.2. The van der Waals surface area contributed by atoms with Crippen molar-refractivity contribution < 1.29 is 4.79 Å². The highest BCUT2D eigenvalue weighted by Gasteiger charge is 2.18. The van der Waals surface area contributed by atoms with Crippen LogP contribution in [0.15, 0.2) is 18.5 Å². The molecule has 0 unspecified atom stereocenters. The van der Waals surface area contributed by atoms with E-state index in [0.717, 1.165) is 44.2 Å². The normalized spacial score (nSPS) is 16.8. The van der Waals surface area contributed by atoms with Crippen molar-refractivity contribution in [1.82, 2.24) is 19.5 Å². The molecule has 106 valence electrons. The summed E-state index contributed by atoms with van der Waals surface area (Å²) in [6, 6.07) is 1.98. The number of aromatic nitrogens is 3. The highest BCUT2D eigenvalue weighted by molar-refractivity contribution is 5.93. The summed E-state index contributed by atoms with van der Waals surface area (Å²) in [5.41, 5.74) is 1.37. The van der Waals surface area contributed by atoms with Crippen LogP contribution in [0.5, 0.6) is 0 Å². The predicted octanol–water partition coefficient (Wildman–Crippen LogP) is 1.07. The lowest BCUT2D eigenvalue weighted by Crippen LogP contribution is -2.46. The minimum atomic E-state index is 0.00742. The molecule has 1 aliphatic rings. The first-order valence-electron chi connectivity index (χ1n) is 7.01. The van der Waals surface area contributed by atoms with Gasteiger partial charge in [0.1, 0.15) is 0 Å². The van der Waals surface area contributed by atoms with Gasteiger partial charge in [0.2, 0.25) is 0 Å². The number of nitrogens with zero attached hydrogens (tertiary/aromatic N) is 5. The molecule has 2 aromatic rings. The van der Waals surface area contributed by atoms with Gasteiger partial charge in [-0.2, -0.15) is 0 Å². The second-order valence-electron chi connectivity index (χ2n) is 5.13. The Morgan fingerprint density at radius 3 is 2.70 bits per heavy atom. The van der Waals surface area contributed by atoms with Gasteiger partial charge >= 0.3 is 0 Å². The maximum absolute atomic E-state index is 11.4. The predicted molar refractivity (Wildman–Crippen MR) is 77.3 cm³/mol. The molecule has 20 heavy (non-hydrogen) atoms. The van der Waals surface area contributed by atoms with Crippen molar-refractivity contribution in [2.24, 2.45) is 0 Å². The van der Waals surface area contributed by atoms with Gasteiger partial charge in [-0.25, -0.2) is 9.50 Å². The number of anilines is 1. The third-order valence-corrected chi connectivity index (χ3v) is 3.85. The van der Waals surface area contributed by atoms with Gasteiger partial charge < -0.3 is 9.80 Å². The van der Waals surface area contributed by atoms with Crippen LogP contribution in [-0.4, -0.2) is 58.0 Å². The minimum absolute atomic E-state index is 0.00742. The number of carbonyl (C=O) groups excluding carboxylic acids is 1. The summed E-state index contributed by atoms with van der Waals surface area (Å²) in [7, 11) is 0. The van der Waals surface area contributed by atoms with Crippen molar-refractivity contribution in [3.63, 3.8) is 0 Å². The molecule has 1 fully saturated rings. The third kappa shape index (κ3) is 2.38. The zero-order valence-corrected chi connectivity index (χ0v) is 11.9. The Bertz CT molecular complexity index is 628. The van der Waals surface area contributed by atoms with E-state index in [0.29, 0.717) is 5.56 Å². The Morgan fingerprint density at radius 1 is 1.30 bits per heavy atom. The van der Waals surface area contributed by atoms with Crippen LogP contribution >= 0.6 is 0 Å². The number of carbonyl (C=O) groups is 1. The average Bonchev–Trinajstić information content (AvgIpc) is 2.90. The van der Waals surface area contributed by atoms with E-state index in [1.807, 2.05) is 6.07 Å². The van der Waals surface area contributed by atoms with Gasteiger partial charge in [0, 0.05) is 44.6 Å². The second kappa shape index (κ2) is 5.20. The van der Waals surface area contributed by atoms with Crippen LogP contribution < -0.4 is 4.90 Å². The molecule has 6 heteroatoms. The van der Waals surface area contributed by atoms with Gasteiger partial charge in [0.25, 0.3) is 0 Å². The standard InChI is InChI=1S/C14H19N5O/c1-3-17-4-6-18(7-5-17)14-8-13-15-9-12(11(2)20)10-19(13)16-14/h8-10H,3-7H2,1-2H3. The molecule has 6 nitrogen and oxygen atoms in total. The molecule has 0 radical (unpaired) electrons. The molecular formula is C14H19N5O. The number of ketones is 1. The van der Waals surface area contributed by atoms with E-state index < -0.39 is 0 Å². The van der Waals surface area contributed by atoms with Gasteiger partial charge in [-0.05, 0) is 13.5 Å². The summed E-state index contributed by atoms with van der Waals surface area (Å²) in [6.07, 6.45) is 3.36. The summed E-state index contributed by atoms with van der Waals surface area (Å²) < 4.78 is 1.69. The topological polar surface area (TPSA) is 53.7 Å². The van der Waals surface area contributed by atoms with Gasteiger partial charge in [0.05, 0.1) is 5.56 Å². The first kappa shape index (κ1) is 13.1. The van der Waals surface area contributed by atoms with Crippen LogP contribution in [-0.2, 0) is 0 Å². The first-order valence-corrected chi connectivity index (χ1v) is 7.01. The van der Waals surface area contributed by atoms with Crippen molar-refractivity contribution in [3.8, 4) is 0 Å². The maximum atomic E-state index is 11.4. The Morgan fingerprint density at radius 2 is 2.05 bits per heavy atom. The number of Topliss-reactive ketones (excluding diaryl/α,β-unsaturated/α-hetero) is 1. The van der Waals surface area contributed by atoms with Crippen molar-refractivity contribution >= 4 is 17.2 Å². The van der Waals surface area contributed by atoms with Gasteiger partial charge in [-0.15, -0.1) is 5.10 Å². The van der Waals surface area contributed by atoms with Crippen LogP contribution in [0.2, 0.25) is 0 Å². The Balaban J connectivity index is 1.84. The largest absolute Gasteiger partial charge is 0.353 e. The quantitative estimate of drug-likeness (QED) is 0.783. The highest BCUT2D eigenvalue weighted by Crippen LogP contribution is 2.16. The van der Waals surface area contributed by atoms with E-state index in [4.69, 9.17) is 0 Å². The van der Waals surface area contributed by atoms with Gasteiger partial charge in [-0.1, -0.05) is 6.92 Å². The fourth-order valence-electron chi connectivity index (χ4n) is 2.49. The number of piperazine rings is 1. The first-order chi connectivity index (χ1) is 9.67. The van der Waals surface area contributed by atoms with Crippen molar-refractivity contribution in [3.05, 3.63) is 24.0 Å². The summed E-state index contributed by atoms with van der Waals surface area (Å²) in [6.45, 7) is 8.93. The molecule has 0 aliphatic carbocycles. The van der Waals surface area contributed by atoms with Gasteiger partial charge in [-0.3, -0.25) is 4.79 Å². The molecule has 1 aliphatic heterocycles. The summed E-state index contributed by atoms with van der Waals surface area (Å²) in [5, 5.41) is 4.54. The second-order valence-corrected chi connectivity index (χ2v) is 5.13. The summed E-state index contributed by atoms with van der Waals surface area (Å²) >= 11 is 0. The van der Waals surface area contributed by atoms with E-state index in [1.165, 1.54) is 6.92 Å². The highest BCUT2D eigenvalue weighted by atomic mass is 16.1. The maximum Gasteiger partial charge on any atom is 0.162 e. The lowest BCUT2D eigenvalue weighted by molar-refractivity contribution is 0.101. The molecule has 0 bridgehead atoms. The van der Waals surface area contributed by atoms with Crippen LogP contribution in [0.4, 0.5) is 5.82 Å². The Kier molecular flexibility index (Phi) is 3.40.